The summed E-state index contributed by atoms with van der Waals surface area (Å²) in [7, 11) is 0. The van der Waals surface area contributed by atoms with Gasteiger partial charge in [-0.05, 0) is 67.3 Å². The molecule has 4 rings (SSSR count). The molecule has 0 aliphatic carbocycles. The molecule has 0 unspecified atom stereocenters. The summed E-state index contributed by atoms with van der Waals surface area (Å²) in [6.07, 6.45) is 9.29. The second-order valence-corrected chi connectivity index (χ2v) is 7.08. The van der Waals surface area contributed by atoms with E-state index in [9.17, 15) is 4.39 Å². The molecule has 0 atom stereocenters. The minimum Gasteiger partial charge on any atom is -0.325 e. The molecule has 0 aliphatic heterocycles. The van der Waals surface area contributed by atoms with Crippen molar-refractivity contribution in [1.82, 2.24) is 24.7 Å². The van der Waals surface area contributed by atoms with Crippen LogP contribution >= 0.6 is 0 Å². The lowest BCUT2D eigenvalue weighted by Crippen LogP contribution is -1.94. The SMILES string of the molecule is Cc1cn(-c2ccc(/C=C/c3nnc(CCc4ccc(F)cc4)[nH]3)cc2C)cn1. The summed E-state index contributed by atoms with van der Waals surface area (Å²) in [4.78, 5) is 7.51. The van der Waals surface area contributed by atoms with Gasteiger partial charge in [0, 0.05) is 18.3 Å². The molecule has 0 saturated carbocycles. The minimum atomic E-state index is -0.218. The summed E-state index contributed by atoms with van der Waals surface area (Å²) in [5.41, 5.74) is 5.44. The Balaban J connectivity index is 1.40. The van der Waals surface area contributed by atoms with Crippen LogP contribution in [0.25, 0.3) is 17.8 Å². The van der Waals surface area contributed by atoms with Gasteiger partial charge in [0.15, 0.2) is 5.82 Å². The second-order valence-electron chi connectivity index (χ2n) is 7.08. The number of imidazole rings is 1. The van der Waals surface area contributed by atoms with E-state index in [0.717, 1.165) is 41.2 Å². The predicted octanol–water partition coefficient (Wildman–Crippen LogP) is 4.70. The van der Waals surface area contributed by atoms with Crippen LogP contribution in [-0.2, 0) is 12.8 Å². The number of aromatic nitrogens is 5. The van der Waals surface area contributed by atoms with Gasteiger partial charge >= 0.3 is 0 Å². The molecule has 29 heavy (non-hydrogen) atoms. The maximum atomic E-state index is 13.0. The number of halogens is 1. The molecule has 0 radical (unpaired) electrons. The van der Waals surface area contributed by atoms with E-state index in [0.29, 0.717) is 5.82 Å². The Morgan fingerprint density at radius 2 is 1.83 bits per heavy atom. The third kappa shape index (κ3) is 4.66. The monoisotopic (exact) mass is 387 g/mol. The van der Waals surface area contributed by atoms with Crippen molar-refractivity contribution in [1.29, 1.82) is 0 Å². The van der Waals surface area contributed by atoms with Gasteiger partial charge < -0.3 is 9.55 Å². The number of hydrogen-bond donors (Lipinski definition) is 1. The molecule has 6 heteroatoms. The van der Waals surface area contributed by atoms with Crippen molar-refractivity contribution in [2.75, 3.05) is 0 Å². The van der Waals surface area contributed by atoms with Crippen molar-refractivity contribution in [3.05, 3.63) is 94.8 Å². The van der Waals surface area contributed by atoms with Gasteiger partial charge in [0.25, 0.3) is 0 Å². The molecular formula is C23H22FN5. The molecule has 2 heterocycles. The van der Waals surface area contributed by atoms with Crippen molar-refractivity contribution >= 4 is 12.2 Å². The van der Waals surface area contributed by atoms with Crippen molar-refractivity contribution < 1.29 is 4.39 Å². The number of aryl methyl sites for hydroxylation is 4. The number of nitrogens with zero attached hydrogens (tertiary/aromatic N) is 4. The van der Waals surface area contributed by atoms with Crippen molar-refractivity contribution in [2.45, 2.75) is 26.7 Å². The van der Waals surface area contributed by atoms with Gasteiger partial charge in [-0.1, -0.05) is 24.3 Å². The smallest absolute Gasteiger partial charge is 0.154 e. The Kier molecular flexibility index (Phi) is 5.33. The van der Waals surface area contributed by atoms with Crippen LogP contribution in [0.4, 0.5) is 4.39 Å². The molecule has 2 aromatic heterocycles. The van der Waals surface area contributed by atoms with E-state index in [1.54, 1.807) is 12.1 Å². The Morgan fingerprint density at radius 3 is 2.55 bits per heavy atom. The number of aromatic amines is 1. The third-order valence-electron chi connectivity index (χ3n) is 4.76. The molecular weight excluding hydrogens is 365 g/mol. The average Bonchev–Trinajstić information content (AvgIpc) is 3.35. The average molecular weight is 387 g/mol. The van der Waals surface area contributed by atoms with Crippen molar-refractivity contribution in [2.24, 2.45) is 0 Å². The van der Waals surface area contributed by atoms with Crippen LogP contribution in [0.1, 0.15) is 34.0 Å². The van der Waals surface area contributed by atoms with E-state index in [1.165, 1.54) is 17.7 Å². The molecule has 4 aromatic rings. The van der Waals surface area contributed by atoms with Crippen LogP contribution in [0.5, 0.6) is 0 Å². The maximum Gasteiger partial charge on any atom is 0.154 e. The first-order valence-corrected chi connectivity index (χ1v) is 9.52. The fourth-order valence-corrected chi connectivity index (χ4v) is 3.21. The highest BCUT2D eigenvalue weighted by Crippen LogP contribution is 2.18. The van der Waals surface area contributed by atoms with Gasteiger partial charge in [-0.15, -0.1) is 10.2 Å². The first-order valence-electron chi connectivity index (χ1n) is 9.52. The van der Waals surface area contributed by atoms with Gasteiger partial charge in [-0.25, -0.2) is 9.37 Å². The van der Waals surface area contributed by atoms with Crippen molar-refractivity contribution in [3.8, 4) is 5.69 Å². The Bertz CT molecular complexity index is 1140. The summed E-state index contributed by atoms with van der Waals surface area (Å²) >= 11 is 0. The van der Waals surface area contributed by atoms with Gasteiger partial charge in [0.05, 0.1) is 12.0 Å². The Labute approximate surface area is 169 Å². The largest absolute Gasteiger partial charge is 0.325 e. The van der Waals surface area contributed by atoms with E-state index in [4.69, 9.17) is 0 Å². The van der Waals surface area contributed by atoms with E-state index >= 15 is 0 Å². The summed E-state index contributed by atoms with van der Waals surface area (Å²) in [5, 5.41) is 8.38. The number of rotatable bonds is 6. The molecule has 0 saturated heterocycles. The summed E-state index contributed by atoms with van der Waals surface area (Å²) in [6.45, 7) is 4.07. The highest BCUT2D eigenvalue weighted by Gasteiger charge is 2.04. The topological polar surface area (TPSA) is 59.4 Å². The first kappa shape index (κ1) is 18.8. The minimum absolute atomic E-state index is 0.218. The molecule has 146 valence electrons. The molecule has 0 amide bonds. The highest BCUT2D eigenvalue weighted by molar-refractivity contribution is 5.68. The zero-order valence-electron chi connectivity index (χ0n) is 16.4. The lowest BCUT2D eigenvalue weighted by Gasteiger charge is -2.07. The molecule has 0 spiro atoms. The number of benzene rings is 2. The summed E-state index contributed by atoms with van der Waals surface area (Å²) in [6, 6.07) is 12.8. The number of hydrogen-bond acceptors (Lipinski definition) is 3. The van der Waals surface area contributed by atoms with Gasteiger partial charge in [-0.2, -0.15) is 0 Å². The third-order valence-corrected chi connectivity index (χ3v) is 4.76. The van der Waals surface area contributed by atoms with Crippen LogP contribution in [0.2, 0.25) is 0 Å². The zero-order chi connectivity index (χ0) is 20.2. The fraction of sp³-hybridized carbons (Fsp3) is 0.174. The number of nitrogens with one attached hydrogen (secondary N) is 1. The van der Waals surface area contributed by atoms with E-state index < -0.39 is 0 Å². The quantitative estimate of drug-likeness (QED) is 0.522. The predicted molar refractivity (Wildman–Crippen MR) is 112 cm³/mol. The molecule has 0 aliphatic rings. The van der Waals surface area contributed by atoms with Crippen LogP contribution in [-0.4, -0.2) is 24.7 Å². The molecule has 2 aromatic carbocycles. The van der Waals surface area contributed by atoms with E-state index in [1.807, 2.05) is 36.2 Å². The lowest BCUT2D eigenvalue weighted by atomic mass is 10.1. The Hall–Kier alpha value is -3.54. The standard InChI is InChI=1S/C23H22FN5/c1-16-13-19(5-10-21(16)29-14-17(2)25-15-29)7-12-23-26-22(27-28-23)11-6-18-3-8-20(24)9-4-18/h3-5,7-10,12-15H,6,11H2,1-2H3,(H,26,27,28)/b12-7+. The second kappa shape index (κ2) is 8.22. The molecule has 0 bridgehead atoms. The summed E-state index contributed by atoms with van der Waals surface area (Å²) < 4.78 is 15.0. The normalized spacial score (nSPS) is 11.4. The fourth-order valence-electron chi connectivity index (χ4n) is 3.21. The number of H-pyrrole nitrogens is 1. The van der Waals surface area contributed by atoms with Gasteiger partial charge in [-0.3, -0.25) is 0 Å². The highest BCUT2D eigenvalue weighted by atomic mass is 19.1. The Morgan fingerprint density at radius 1 is 1.00 bits per heavy atom. The van der Waals surface area contributed by atoms with Crippen LogP contribution < -0.4 is 0 Å². The van der Waals surface area contributed by atoms with E-state index in [2.05, 4.69) is 45.3 Å². The van der Waals surface area contributed by atoms with Gasteiger partial charge in [0.2, 0.25) is 0 Å². The lowest BCUT2D eigenvalue weighted by molar-refractivity contribution is 0.627. The van der Waals surface area contributed by atoms with Crippen LogP contribution in [0, 0.1) is 19.7 Å². The molecule has 1 N–H and O–H groups in total. The molecule has 0 fully saturated rings. The molecule has 5 nitrogen and oxygen atoms in total. The van der Waals surface area contributed by atoms with Gasteiger partial charge in [0.1, 0.15) is 11.6 Å². The van der Waals surface area contributed by atoms with Crippen LogP contribution in [0.15, 0.2) is 55.0 Å². The zero-order valence-corrected chi connectivity index (χ0v) is 16.4. The van der Waals surface area contributed by atoms with Crippen LogP contribution in [0.3, 0.4) is 0 Å². The maximum absolute atomic E-state index is 13.0. The van der Waals surface area contributed by atoms with Crippen molar-refractivity contribution in [3.63, 3.8) is 0 Å². The van der Waals surface area contributed by atoms with E-state index in [-0.39, 0.29) is 5.82 Å². The summed E-state index contributed by atoms with van der Waals surface area (Å²) in [5.74, 6) is 1.31. The first-order chi connectivity index (χ1) is 14.1.